The highest BCUT2D eigenvalue weighted by atomic mass is 35.5. The Hall–Kier alpha value is -3.66. The minimum absolute atomic E-state index is 0.147. The number of hydrogen-bond acceptors (Lipinski definition) is 7. The third-order valence-electron chi connectivity index (χ3n) is 5.34. The van der Waals surface area contributed by atoms with Crippen molar-refractivity contribution in [2.24, 2.45) is 0 Å². The fourth-order valence-corrected chi connectivity index (χ4v) is 3.68. The second-order valence-electron chi connectivity index (χ2n) is 9.24. The van der Waals surface area contributed by atoms with Crippen LogP contribution < -0.4 is 14.8 Å². The third kappa shape index (κ3) is 6.72. The van der Waals surface area contributed by atoms with E-state index in [4.69, 9.17) is 21.1 Å². The first-order chi connectivity index (χ1) is 17.0. The maximum absolute atomic E-state index is 13.4. The van der Waals surface area contributed by atoms with Gasteiger partial charge in [0.05, 0.1) is 14.2 Å². The van der Waals surface area contributed by atoms with E-state index in [9.17, 15) is 9.59 Å². The fourth-order valence-electron chi connectivity index (χ4n) is 3.48. The molecule has 0 fully saturated rings. The standard InChI is InChI=1S/C25H31ClN6O4/c1-16(24(34)27-25(2,3)4)31(14-18-9-7-8-10-19(18)26)22(33)15-32-29-23(28-30-32)17-11-12-20(35-5)21(13-17)36-6/h7-13,16H,14-15H2,1-6H3,(H,27,34)/t16-/m1/s1. The summed E-state index contributed by atoms with van der Waals surface area (Å²) in [5.74, 6) is 0.775. The van der Waals surface area contributed by atoms with Crippen LogP contribution in [0.4, 0.5) is 0 Å². The molecule has 0 saturated heterocycles. The van der Waals surface area contributed by atoms with E-state index in [0.717, 1.165) is 5.56 Å². The first kappa shape index (κ1) is 26.9. The molecule has 0 aliphatic rings. The highest BCUT2D eigenvalue weighted by Crippen LogP contribution is 2.30. The van der Waals surface area contributed by atoms with Gasteiger partial charge in [0.1, 0.15) is 12.6 Å². The van der Waals surface area contributed by atoms with Crippen molar-refractivity contribution in [3.63, 3.8) is 0 Å². The van der Waals surface area contributed by atoms with Crippen molar-refractivity contribution in [1.29, 1.82) is 0 Å². The van der Waals surface area contributed by atoms with E-state index in [1.165, 1.54) is 16.8 Å². The molecule has 3 aromatic rings. The van der Waals surface area contributed by atoms with Gasteiger partial charge in [-0.25, -0.2) is 0 Å². The summed E-state index contributed by atoms with van der Waals surface area (Å²) >= 11 is 6.34. The van der Waals surface area contributed by atoms with Crippen molar-refractivity contribution in [3.8, 4) is 22.9 Å². The second-order valence-corrected chi connectivity index (χ2v) is 9.65. The lowest BCUT2D eigenvalue weighted by molar-refractivity contribution is -0.142. The van der Waals surface area contributed by atoms with Gasteiger partial charge < -0.3 is 19.7 Å². The minimum Gasteiger partial charge on any atom is -0.493 e. The lowest BCUT2D eigenvalue weighted by Gasteiger charge is -2.31. The Bertz CT molecular complexity index is 1220. The highest BCUT2D eigenvalue weighted by Gasteiger charge is 2.29. The van der Waals surface area contributed by atoms with Crippen LogP contribution in [0.5, 0.6) is 11.5 Å². The average Bonchev–Trinajstić information content (AvgIpc) is 3.29. The van der Waals surface area contributed by atoms with Crippen molar-refractivity contribution < 1.29 is 19.1 Å². The highest BCUT2D eigenvalue weighted by molar-refractivity contribution is 6.31. The number of aromatic nitrogens is 4. The van der Waals surface area contributed by atoms with Crippen LogP contribution in [0.15, 0.2) is 42.5 Å². The monoisotopic (exact) mass is 514 g/mol. The van der Waals surface area contributed by atoms with E-state index < -0.39 is 11.6 Å². The van der Waals surface area contributed by atoms with Gasteiger partial charge in [-0.15, -0.1) is 10.2 Å². The molecule has 2 amide bonds. The summed E-state index contributed by atoms with van der Waals surface area (Å²) in [6, 6.07) is 11.7. The van der Waals surface area contributed by atoms with Crippen molar-refractivity contribution in [3.05, 3.63) is 53.1 Å². The van der Waals surface area contributed by atoms with Gasteiger partial charge in [-0.2, -0.15) is 4.80 Å². The van der Waals surface area contributed by atoms with E-state index in [2.05, 4.69) is 20.7 Å². The van der Waals surface area contributed by atoms with Gasteiger partial charge in [0, 0.05) is 22.7 Å². The summed E-state index contributed by atoms with van der Waals surface area (Å²) in [5, 5.41) is 15.9. The molecular formula is C25H31ClN6O4. The number of hydrogen-bond donors (Lipinski definition) is 1. The van der Waals surface area contributed by atoms with Gasteiger partial charge in [0.2, 0.25) is 17.6 Å². The van der Waals surface area contributed by atoms with Crippen LogP contribution in [0.1, 0.15) is 33.3 Å². The number of carbonyl (C=O) groups excluding carboxylic acids is 2. The third-order valence-corrected chi connectivity index (χ3v) is 5.70. The molecule has 0 radical (unpaired) electrons. The maximum Gasteiger partial charge on any atom is 0.247 e. The molecule has 1 aromatic heterocycles. The van der Waals surface area contributed by atoms with Gasteiger partial charge in [0.25, 0.3) is 0 Å². The number of carbonyl (C=O) groups is 2. The van der Waals surface area contributed by atoms with Crippen molar-refractivity contribution in [1.82, 2.24) is 30.4 Å². The smallest absolute Gasteiger partial charge is 0.247 e. The summed E-state index contributed by atoms with van der Waals surface area (Å²) in [6.07, 6.45) is 0. The molecule has 11 heteroatoms. The number of rotatable bonds is 9. The lowest BCUT2D eigenvalue weighted by atomic mass is 10.1. The number of benzene rings is 2. The summed E-state index contributed by atoms with van der Waals surface area (Å²) in [5.41, 5.74) is 0.921. The van der Waals surface area contributed by atoms with Crippen LogP contribution in [-0.2, 0) is 22.7 Å². The van der Waals surface area contributed by atoms with E-state index in [-0.39, 0.29) is 24.9 Å². The Morgan fingerprint density at radius 3 is 2.44 bits per heavy atom. The number of nitrogens with zero attached hydrogens (tertiary/aromatic N) is 5. The molecule has 0 aliphatic heterocycles. The molecule has 1 atom stereocenters. The molecule has 1 heterocycles. The summed E-state index contributed by atoms with van der Waals surface area (Å²) in [4.78, 5) is 29.0. The number of ether oxygens (including phenoxy) is 2. The molecule has 2 aromatic carbocycles. The first-order valence-electron chi connectivity index (χ1n) is 11.4. The molecule has 10 nitrogen and oxygen atoms in total. The number of tetrazole rings is 1. The van der Waals surface area contributed by atoms with Crippen molar-refractivity contribution in [2.75, 3.05) is 14.2 Å². The van der Waals surface area contributed by atoms with Crippen LogP contribution in [0, 0.1) is 0 Å². The molecule has 0 bridgehead atoms. The van der Waals surface area contributed by atoms with E-state index in [1.807, 2.05) is 39.0 Å². The Kier molecular flexibility index (Phi) is 8.52. The van der Waals surface area contributed by atoms with E-state index >= 15 is 0 Å². The molecule has 192 valence electrons. The summed E-state index contributed by atoms with van der Waals surface area (Å²) in [7, 11) is 3.09. The fraction of sp³-hybridized carbons (Fsp3) is 0.400. The predicted octanol–water partition coefficient (Wildman–Crippen LogP) is 3.34. The maximum atomic E-state index is 13.4. The minimum atomic E-state index is -0.762. The van der Waals surface area contributed by atoms with Gasteiger partial charge >= 0.3 is 0 Å². The Balaban J connectivity index is 1.84. The van der Waals surface area contributed by atoms with Gasteiger partial charge in [-0.1, -0.05) is 29.8 Å². The SMILES string of the molecule is COc1ccc(-c2nnn(CC(=O)N(Cc3ccccc3Cl)[C@H](C)C(=O)NC(C)(C)C)n2)cc1OC. The Morgan fingerprint density at radius 2 is 1.81 bits per heavy atom. The van der Waals surface area contributed by atoms with Crippen LogP contribution in [0.2, 0.25) is 5.02 Å². The van der Waals surface area contributed by atoms with Crippen LogP contribution >= 0.6 is 11.6 Å². The number of amides is 2. The molecule has 0 aliphatic carbocycles. The number of halogens is 1. The molecule has 0 spiro atoms. The van der Waals surface area contributed by atoms with Crippen LogP contribution in [0.3, 0.4) is 0 Å². The molecular weight excluding hydrogens is 484 g/mol. The van der Waals surface area contributed by atoms with E-state index in [1.54, 1.807) is 38.3 Å². The topological polar surface area (TPSA) is 111 Å². The van der Waals surface area contributed by atoms with Gasteiger partial charge in [-0.3, -0.25) is 9.59 Å². The van der Waals surface area contributed by atoms with Crippen molar-refractivity contribution in [2.45, 2.75) is 52.4 Å². The molecule has 0 saturated carbocycles. The zero-order valence-corrected chi connectivity index (χ0v) is 22.0. The second kappa shape index (κ2) is 11.4. The molecule has 1 N–H and O–H groups in total. The quantitative estimate of drug-likeness (QED) is 0.466. The average molecular weight is 515 g/mol. The summed E-state index contributed by atoms with van der Waals surface area (Å²) < 4.78 is 10.6. The van der Waals surface area contributed by atoms with Gasteiger partial charge in [0.15, 0.2) is 11.5 Å². The molecule has 0 unspecified atom stereocenters. The first-order valence-corrected chi connectivity index (χ1v) is 11.7. The van der Waals surface area contributed by atoms with Gasteiger partial charge in [-0.05, 0) is 62.7 Å². The predicted molar refractivity (Wildman–Crippen MR) is 136 cm³/mol. The van der Waals surface area contributed by atoms with Crippen LogP contribution in [-0.4, -0.2) is 62.7 Å². The van der Waals surface area contributed by atoms with Crippen molar-refractivity contribution >= 4 is 23.4 Å². The van der Waals surface area contributed by atoms with Crippen LogP contribution in [0.25, 0.3) is 11.4 Å². The zero-order valence-electron chi connectivity index (χ0n) is 21.3. The Morgan fingerprint density at radius 1 is 1.11 bits per heavy atom. The number of methoxy groups -OCH3 is 2. The molecule has 36 heavy (non-hydrogen) atoms. The Labute approximate surface area is 215 Å². The molecule has 3 rings (SSSR count). The number of nitrogens with one attached hydrogen (secondary N) is 1. The van der Waals surface area contributed by atoms with E-state index in [0.29, 0.717) is 27.9 Å². The summed E-state index contributed by atoms with van der Waals surface area (Å²) in [6.45, 7) is 7.26. The zero-order chi connectivity index (χ0) is 26.5. The normalized spacial score (nSPS) is 12.1. The lowest BCUT2D eigenvalue weighted by Crippen LogP contribution is -2.53. The largest absolute Gasteiger partial charge is 0.493 e.